The second kappa shape index (κ2) is 4.35. The summed E-state index contributed by atoms with van der Waals surface area (Å²) in [4.78, 5) is 0. The third-order valence-electron chi connectivity index (χ3n) is 1.87. The molecule has 1 aromatic rings. The first-order valence-corrected chi connectivity index (χ1v) is 4.35. The summed E-state index contributed by atoms with van der Waals surface area (Å²) >= 11 is 0. The van der Waals surface area contributed by atoms with Gasteiger partial charge in [-0.2, -0.15) is 0 Å². The largest absolute Gasteiger partial charge is 0.491 e. The fourth-order valence-electron chi connectivity index (χ4n) is 0.916. The van der Waals surface area contributed by atoms with Crippen LogP contribution in [0.5, 0.6) is 5.75 Å². The number of benzene rings is 1. The van der Waals surface area contributed by atoms with E-state index in [1.165, 1.54) is 0 Å². The van der Waals surface area contributed by atoms with Crippen LogP contribution in [-0.2, 0) is 0 Å². The van der Waals surface area contributed by atoms with Gasteiger partial charge in [-0.05, 0) is 13.3 Å². The van der Waals surface area contributed by atoms with Crippen molar-refractivity contribution < 1.29 is 17.9 Å². The maximum atomic E-state index is 12.7. The molecule has 1 unspecified atom stereocenters. The average molecular weight is 204 g/mol. The Morgan fingerprint density at radius 3 is 2.14 bits per heavy atom. The minimum Gasteiger partial charge on any atom is -0.491 e. The summed E-state index contributed by atoms with van der Waals surface area (Å²) in [7, 11) is 0. The summed E-state index contributed by atoms with van der Waals surface area (Å²) in [6, 6.07) is 1.68. The van der Waals surface area contributed by atoms with E-state index in [4.69, 9.17) is 4.74 Å². The lowest BCUT2D eigenvalue weighted by Gasteiger charge is -2.12. The van der Waals surface area contributed by atoms with Gasteiger partial charge in [-0.15, -0.1) is 0 Å². The Labute approximate surface area is 80.5 Å². The Morgan fingerprint density at radius 1 is 1.21 bits per heavy atom. The highest BCUT2D eigenvalue weighted by molar-refractivity contribution is 5.25. The van der Waals surface area contributed by atoms with Crippen molar-refractivity contribution >= 4 is 0 Å². The van der Waals surface area contributed by atoms with Crippen LogP contribution in [0.3, 0.4) is 0 Å². The predicted octanol–water partition coefficient (Wildman–Crippen LogP) is 3.28. The van der Waals surface area contributed by atoms with Gasteiger partial charge in [-0.3, -0.25) is 0 Å². The summed E-state index contributed by atoms with van der Waals surface area (Å²) in [5, 5.41) is 0. The first kappa shape index (κ1) is 10.9. The molecule has 4 heteroatoms. The Bertz CT molecular complexity index is 302. The van der Waals surface area contributed by atoms with Gasteiger partial charge >= 0.3 is 0 Å². The molecule has 0 aliphatic heterocycles. The number of rotatable bonds is 3. The van der Waals surface area contributed by atoms with Gasteiger partial charge in [-0.25, -0.2) is 13.2 Å². The quantitative estimate of drug-likeness (QED) is 0.686. The zero-order chi connectivity index (χ0) is 10.7. The Hall–Kier alpha value is -1.19. The Kier molecular flexibility index (Phi) is 3.38. The van der Waals surface area contributed by atoms with Gasteiger partial charge in [0, 0.05) is 12.1 Å². The molecule has 14 heavy (non-hydrogen) atoms. The van der Waals surface area contributed by atoms with Crippen LogP contribution in [0, 0.1) is 17.5 Å². The first-order chi connectivity index (χ1) is 6.54. The fourth-order valence-corrected chi connectivity index (χ4v) is 0.916. The molecule has 0 fully saturated rings. The molecule has 1 atom stereocenters. The van der Waals surface area contributed by atoms with Gasteiger partial charge in [0.15, 0.2) is 17.5 Å². The molecule has 0 aromatic heterocycles. The molecular weight excluding hydrogens is 193 g/mol. The van der Waals surface area contributed by atoms with E-state index in [2.05, 4.69) is 0 Å². The van der Waals surface area contributed by atoms with Crippen LogP contribution < -0.4 is 4.74 Å². The zero-order valence-corrected chi connectivity index (χ0v) is 7.98. The molecule has 0 saturated carbocycles. The van der Waals surface area contributed by atoms with E-state index in [0.29, 0.717) is 6.42 Å². The van der Waals surface area contributed by atoms with Crippen molar-refractivity contribution in [3.8, 4) is 5.75 Å². The van der Waals surface area contributed by atoms with E-state index in [9.17, 15) is 13.2 Å². The molecule has 0 N–H and O–H groups in total. The van der Waals surface area contributed by atoms with E-state index in [-0.39, 0.29) is 11.9 Å². The molecule has 0 aliphatic rings. The van der Waals surface area contributed by atoms with Crippen molar-refractivity contribution in [1.82, 2.24) is 0 Å². The first-order valence-electron chi connectivity index (χ1n) is 4.35. The third-order valence-corrected chi connectivity index (χ3v) is 1.87. The highest BCUT2D eigenvalue weighted by Crippen LogP contribution is 2.20. The number of hydrogen-bond donors (Lipinski definition) is 0. The summed E-state index contributed by atoms with van der Waals surface area (Å²) in [6.45, 7) is 3.64. The van der Waals surface area contributed by atoms with Crippen LogP contribution in [0.4, 0.5) is 13.2 Å². The zero-order valence-electron chi connectivity index (χ0n) is 7.98. The molecule has 0 amide bonds. The Morgan fingerprint density at radius 2 is 1.71 bits per heavy atom. The second-order valence-corrected chi connectivity index (χ2v) is 3.04. The van der Waals surface area contributed by atoms with Crippen molar-refractivity contribution in [2.75, 3.05) is 0 Å². The summed E-state index contributed by atoms with van der Waals surface area (Å²) < 4.78 is 43.1. The Balaban J connectivity index is 2.89. The lowest BCUT2D eigenvalue weighted by atomic mass is 10.3. The topological polar surface area (TPSA) is 9.23 Å². The molecule has 0 aliphatic carbocycles. The van der Waals surface area contributed by atoms with Crippen LogP contribution in [0.1, 0.15) is 20.3 Å². The highest BCUT2D eigenvalue weighted by Gasteiger charge is 2.12. The highest BCUT2D eigenvalue weighted by atomic mass is 19.2. The van der Waals surface area contributed by atoms with Gasteiger partial charge < -0.3 is 4.74 Å². The lowest BCUT2D eigenvalue weighted by molar-refractivity contribution is 0.214. The smallest absolute Gasteiger partial charge is 0.194 e. The molecule has 1 rings (SSSR count). The van der Waals surface area contributed by atoms with Crippen molar-refractivity contribution in [1.29, 1.82) is 0 Å². The van der Waals surface area contributed by atoms with Gasteiger partial charge in [0.25, 0.3) is 0 Å². The maximum absolute atomic E-state index is 12.7. The van der Waals surface area contributed by atoms with E-state index < -0.39 is 17.5 Å². The molecular formula is C10H11F3O. The third kappa shape index (κ3) is 2.40. The molecule has 1 nitrogen and oxygen atoms in total. The van der Waals surface area contributed by atoms with Crippen LogP contribution in [0.15, 0.2) is 12.1 Å². The standard InChI is InChI=1S/C10H11F3O/c1-3-6(2)14-7-4-8(11)10(13)9(12)5-7/h4-6H,3H2,1-2H3. The summed E-state index contributed by atoms with van der Waals surface area (Å²) in [6.07, 6.45) is 0.555. The van der Waals surface area contributed by atoms with E-state index in [1.807, 2.05) is 6.92 Å². The molecule has 0 heterocycles. The van der Waals surface area contributed by atoms with Crippen molar-refractivity contribution in [3.05, 3.63) is 29.6 Å². The fraction of sp³-hybridized carbons (Fsp3) is 0.400. The monoisotopic (exact) mass is 204 g/mol. The minimum absolute atomic E-state index is 0.00995. The van der Waals surface area contributed by atoms with Crippen molar-refractivity contribution in [2.24, 2.45) is 0 Å². The molecule has 0 spiro atoms. The van der Waals surface area contributed by atoms with Crippen LogP contribution in [0.25, 0.3) is 0 Å². The number of halogens is 3. The van der Waals surface area contributed by atoms with Crippen LogP contribution in [0.2, 0.25) is 0 Å². The van der Waals surface area contributed by atoms with E-state index in [0.717, 1.165) is 12.1 Å². The van der Waals surface area contributed by atoms with Gasteiger partial charge in [-0.1, -0.05) is 6.92 Å². The molecule has 0 radical (unpaired) electrons. The summed E-state index contributed by atoms with van der Waals surface area (Å²) in [5.74, 6) is -3.93. The minimum atomic E-state index is -1.47. The normalized spacial score (nSPS) is 12.6. The summed E-state index contributed by atoms with van der Waals surface area (Å²) in [5.41, 5.74) is 0. The molecule has 0 bridgehead atoms. The van der Waals surface area contributed by atoms with E-state index >= 15 is 0 Å². The molecule has 78 valence electrons. The van der Waals surface area contributed by atoms with Gasteiger partial charge in [0.2, 0.25) is 0 Å². The molecule has 0 saturated heterocycles. The SMILES string of the molecule is CCC(C)Oc1cc(F)c(F)c(F)c1. The number of ether oxygens (including phenoxy) is 1. The predicted molar refractivity (Wildman–Crippen MR) is 46.7 cm³/mol. The molecule has 1 aromatic carbocycles. The average Bonchev–Trinajstić information content (AvgIpc) is 2.14. The number of hydrogen-bond acceptors (Lipinski definition) is 1. The van der Waals surface area contributed by atoms with Crippen LogP contribution >= 0.6 is 0 Å². The maximum Gasteiger partial charge on any atom is 0.194 e. The van der Waals surface area contributed by atoms with Crippen molar-refractivity contribution in [2.45, 2.75) is 26.4 Å². The van der Waals surface area contributed by atoms with Gasteiger partial charge in [0.1, 0.15) is 5.75 Å². The lowest BCUT2D eigenvalue weighted by Crippen LogP contribution is -2.10. The van der Waals surface area contributed by atoms with E-state index in [1.54, 1.807) is 6.92 Å². The van der Waals surface area contributed by atoms with Gasteiger partial charge in [0.05, 0.1) is 6.10 Å². The van der Waals surface area contributed by atoms with Crippen molar-refractivity contribution in [3.63, 3.8) is 0 Å². The van der Waals surface area contributed by atoms with Crippen LogP contribution in [-0.4, -0.2) is 6.10 Å². The second-order valence-electron chi connectivity index (χ2n) is 3.04.